The Hall–Kier alpha value is -4.81. The maximum Gasteiger partial charge on any atom is 0.295 e. The van der Waals surface area contributed by atoms with Gasteiger partial charge in [-0.05, 0) is 66.8 Å². The zero-order valence-electron chi connectivity index (χ0n) is 24.7. The molecular weight excluding hydrogens is 599 g/mol. The van der Waals surface area contributed by atoms with Crippen LogP contribution in [0.25, 0.3) is 11.1 Å². The van der Waals surface area contributed by atoms with Crippen molar-refractivity contribution in [2.75, 3.05) is 18.6 Å². The molecule has 12 heteroatoms. The van der Waals surface area contributed by atoms with Crippen LogP contribution in [-0.2, 0) is 16.5 Å². The zero-order chi connectivity index (χ0) is 32.2. The first-order valence-electron chi connectivity index (χ1n) is 14.5. The van der Waals surface area contributed by atoms with Gasteiger partial charge in [-0.3, -0.25) is 14.8 Å². The first-order chi connectivity index (χ1) is 21.7. The Morgan fingerprint density at radius 1 is 1.02 bits per heavy atom. The molecule has 0 radical (unpaired) electrons. The lowest BCUT2D eigenvalue weighted by Crippen LogP contribution is -2.24. The van der Waals surface area contributed by atoms with Crippen LogP contribution in [0.4, 0.5) is 10.2 Å². The summed E-state index contributed by atoms with van der Waals surface area (Å²) < 4.78 is 51.5. The Bertz CT molecular complexity index is 1730. The molecule has 0 fully saturated rings. The third-order valence-corrected chi connectivity index (χ3v) is 7.86. The number of halogens is 1. The molecule has 4 N–H and O–H groups in total. The molecule has 0 aliphatic rings. The van der Waals surface area contributed by atoms with Crippen molar-refractivity contribution in [3.05, 3.63) is 102 Å². The fraction of sp³-hybridized carbons (Fsp3) is 0.242. The van der Waals surface area contributed by atoms with Gasteiger partial charge in [-0.1, -0.05) is 50.1 Å². The Morgan fingerprint density at radius 2 is 1.78 bits per heavy atom. The van der Waals surface area contributed by atoms with Gasteiger partial charge in [0, 0.05) is 29.9 Å². The number of aromatic hydroxyl groups is 1. The van der Waals surface area contributed by atoms with Crippen LogP contribution in [0.5, 0.6) is 11.5 Å². The molecule has 0 atom stereocenters. The van der Waals surface area contributed by atoms with Crippen molar-refractivity contribution in [3.63, 3.8) is 0 Å². The second-order valence-corrected chi connectivity index (χ2v) is 11.6. The number of hydrogen-bond donors (Lipinski definition) is 4. The van der Waals surface area contributed by atoms with E-state index in [1.165, 1.54) is 42.7 Å². The van der Waals surface area contributed by atoms with Crippen LogP contribution in [0.3, 0.4) is 0 Å². The maximum atomic E-state index is 13.3. The lowest BCUT2D eigenvalue weighted by atomic mass is 10.00. The van der Waals surface area contributed by atoms with E-state index >= 15 is 0 Å². The SMILES string of the molecule is CCc1cc(-c2ccc(F)cc2)c(O)cc1OCCCCCCNC(=O)c1ccc(N/N=C/c2ccccc2S(=O)(=O)O)nc1. The lowest BCUT2D eigenvalue weighted by molar-refractivity contribution is 0.0952. The van der Waals surface area contributed by atoms with Crippen molar-refractivity contribution in [1.82, 2.24) is 10.3 Å². The zero-order valence-corrected chi connectivity index (χ0v) is 25.6. The summed E-state index contributed by atoms with van der Waals surface area (Å²) in [6.07, 6.45) is 6.81. The lowest BCUT2D eigenvalue weighted by Gasteiger charge is -2.14. The molecule has 1 amide bonds. The van der Waals surface area contributed by atoms with Crippen LogP contribution in [0, 0.1) is 5.82 Å². The monoisotopic (exact) mass is 634 g/mol. The van der Waals surface area contributed by atoms with E-state index in [0.29, 0.717) is 35.8 Å². The Kier molecular flexibility index (Phi) is 11.6. The minimum Gasteiger partial charge on any atom is -0.507 e. The van der Waals surface area contributed by atoms with Crippen molar-refractivity contribution in [1.29, 1.82) is 0 Å². The quantitative estimate of drug-likeness (QED) is 0.0521. The summed E-state index contributed by atoms with van der Waals surface area (Å²) in [6.45, 7) is 3.02. The highest BCUT2D eigenvalue weighted by Crippen LogP contribution is 2.36. The highest BCUT2D eigenvalue weighted by atomic mass is 32.2. The summed E-state index contributed by atoms with van der Waals surface area (Å²) in [4.78, 5) is 16.3. The fourth-order valence-corrected chi connectivity index (χ4v) is 5.21. The Labute approximate surface area is 261 Å². The normalized spacial score (nSPS) is 11.4. The highest BCUT2D eigenvalue weighted by Gasteiger charge is 2.14. The van der Waals surface area contributed by atoms with E-state index in [1.807, 2.05) is 13.0 Å². The van der Waals surface area contributed by atoms with Crippen molar-refractivity contribution >= 4 is 28.1 Å². The number of unbranched alkanes of at least 4 members (excludes halogenated alkanes) is 3. The van der Waals surface area contributed by atoms with Gasteiger partial charge >= 0.3 is 0 Å². The van der Waals surface area contributed by atoms with Crippen LogP contribution in [0.2, 0.25) is 0 Å². The number of pyridine rings is 1. The second kappa shape index (κ2) is 15.8. The topological polar surface area (TPSA) is 150 Å². The van der Waals surface area contributed by atoms with E-state index in [1.54, 1.807) is 36.4 Å². The number of carbonyl (C=O) groups is 1. The second-order valence-electron chi connectivity index (χ2n) is 10.2. The molecule has 0 aliphatic heterocycles. The fourth-order valence-electron chi connectivity index (χ4n) is 4.54. The van der Waals surface area contributed by atoms with Crippen molar-refractivity contribution in [2.24, 2.45) is 5.10 Å². The van der Waals surface area contributed by atoms with Crippen molar-refractivity contribution in [2.45, 2.75) is 43.9 Å². The first-order valence-corrected chi connectivity index (χ1v) is 15.9. The molecule has 4 aromatic rings. The van der Waals surface area contributed by atoms with Gasteiger partial charge in [0.05, 0.1) is 18.4 Å². The number of carbonyl (C=O) groups excluding carboxylic acids is 1. The van der Waals surface area contributed by atoms with Gasteiger partial charge in [0.2, 0.25) is 0 Å². The van der Waals surface area contributed by atoms with E-state index in [0.717, 1.165) is 43.2 Å². The number of amides is 1. The van der Waals surface area contributed by atoms with Crippen LogP contribution < -0.4 is 15.5 Å². The van der Waals surface area contributed by atoms with E-state index in [4.69, 9.17) is 4.74 Å². The molecule has 0 saturated heterocycles. The summed E-state index contributed by atoms with van der Waals surface area (Å²) in [5.41, 5.74) is 5.58. The number of aryl methyl sites for hydroxylation is 1. The average molecular weight is 635 g/mol. The standard InChI is InChI=1S/C33H35FN4O6S/c1-2-23-19-28(24-11-14-27(34)15-12-24)29(39)20-30(23)44-18-8-4-3-7-17-35-33(40)26-13-16-32(36-21-26)38-37-22-25-9-5-6-10-31(25)45(41,42)43/h5-6,9-16,19-22,39H,2-4,7-8,17-18H2,1H3,(H,35,40)(H,36,38)(H,41,42,43)/b37-22+. The molecule has 0 saturated carbocycles. The van der Waals surface area contributed by atoms with Gasteiger partial charge in [0.15, 0.2) is 0 Å². The summed E-state index contributed by atoms with van der Waals surface area (Å²) in [5.74, 6) is 0.485. The third-order valence-electron chi connectivity index (χ3n) is 6.93. The maximum absolute atomic E-state index is 13.3. The molecule has 0 spiro atoms. The predicted octanol–water partition coefficient (Wildman–Crippen LogP) is 6.22. The molecule has 236 valence electrons. The number of hydrazone groups is 1. The summed E-state index contributed by atoms with van der Waals surface area (Å²) in [7, 11) is -4.38. The summed E-state index contributed by atoms with van der Waals surface area (Å²) in [6, 6.07) is 18.5. The number of nitrogens with zero attached hydrogens (tertiary/aromatic N) is 2. The number of phenols is 1. The van der Waals surface area contributed by atoms with Gasteiger partial charge in [-0.25, -0.2) is 9.37 Å². The number of ether oxygens (including phenoxy) is 1. The number of phenolic OH excluding ortho intramolecular Hbond substituents is 1. The van der Waals surface area contributed by atoms with E-state index in [2.05, 4.69) is 20.8 Å². The van der Waals surface area contributed by atoms with E-state index < -0.39 is 10.1 Å². The first kappa shape index (κ1) is 33.1. The smallest absolute Gasteiger partial charge is 0.295 e. The molecule has 0 unspecified atom stereocenters. The number of nitrogens with one attached hydrogen (secondary N) is 2. The molecule has 0 aliphatic carbocycles. The highest BCUT2D eigenvalue weighted by molar-refractivity contribution is 7.86. The number of aromatic nitrogens is 1. The van der Waals surface area contributed by atoms with Gasteiger partial charge in [-0.15, -0.1) is 0 Å². The molecule has 10 nitrogen and oxygen atoms in total. The number of rotatable bonds is 15. The average Bonchev–Trinajstić information content (AvgIpc) is 3.03. The molecule has 0 bridgehead atoms. The van der Waals surface area contributed by atoms with E-state index in [-0.39, 0.29) is 27.9 Å². The van der Waals surface area contributed by atoms with Crippen LogP contribution in [-0.4, -0.2) is 48.3 Å². The van der Waals surface area contributed by atoms with Crippen molar-refractivity contribution < 1.29 is 32.0 Å². The minimum atomic E-state index is -4.38. The van der Waals surface area contributed by atoms with E-state index in [9.17, 15) is 27.3 Å². The minimum absolute atomic E-state index is 0.0825. The van der Waals surface area contributed by atoms with Gasteiger partial charge in [0.25, 0.3) is 16.0 Å². The Morgan fingerprint density at radius 3 is 2.49 bits per heavy atom. The molecule has 4 rings (SSSR count). The number of benzene rings is 3. The number of hydrogen-bond acceptors (Lipinski definition) is 8. The third kappa shape index (κ3) is 9.59. The van der Waals surface area contributed by atoms with Gasteiger partial charge in [-0.2, -0.15) is 13.5 Å². The number of anilines is 1. The largest absolute Gasteiger partial charge is 0.507 e. The molecular formula is C33H35FN4O6S. The summed E-state index contributed by atoms with van der Waals surface area (Å²) >= 11 is 0. The molecule has 3 aromatic carbocycles. The van der Waals surface area contributed by atoms with Gasteiger partial charge in [0.1, 0.15) is 28.0 Å². The van der Waals surface area contributed by atoms with Crippen LogP contribution in [0.15, 0.2) is 89.0 Å². The van der Waals surface area contributed by atoms with Crippen molar-refractivity contribution in [3.8, 4) is 22.6 Å². The predicted molar refractivity (Wildman–Crippen MR) is 171 cm³/mol. The van der Waals surface area contributed by atoms with Gasteiger partial charge < -0.3 is 15.2 Å². The molecule has 1 aromatic heterocycles. The molecule has 1 heterocycles. The van der Waals surface area contributed by atoms with Crippen LogP contribution >= 0.6 is 0 Å². The summed E-state index contributed by atoms with van der Waals surface area (Å²) in [5, 5.41) is 17.4. The molecule has 45 heavy (non-hydrogen) atoms. The Balaban J connectivity index is 1.14. The van der Waals surface area contributed by atoms with Crippen LogP contribution in [0.1, 0.15) is 54.1 Å².